The van der Waals surface area contributed by atoms with Crippen LogP contribution in [-0.2, 0) is 4.74 Å². The lowest BCUT2D eigenvalue weighted by Gasteiger charge is -2.25. The van der Waals surface area contributed by atoms with Crippen molar-refractivity contribution in [2.24, 2.45) is 0 Å². The number of hydrogen-bond donors (Lipinski definition) is 0. The van der Waals surface area contributed by atoms with Crippen molar-refractivity contribution >= 4 is 22.5 Å². The topological polar surface area (TPSA) is 68.5 Å². The van der Waals surface area contributed by atoms with Gasteiger partial charge in [0.25, 0.3) is 0 Å². The maximum atomic E-state index is 10.6. The maximum Gasteiger partial charge on any atom is 0.244 e. The zero-order valence-electron chi connectivity index (χ0n) is 10.4. The molecular formula is C11H15N3O3S. The van der Waals surface area contributed by atoms with E-state index >= 15 is 0 Å². The molecule has 2 heterocycles. The number of hydrogen-bond acceptors (Lipinski definition) is 6. The summed E-state index contributed by atoms with van der Waals surface area (Å²) in [6.45, 7) is 6.43. The van der Waals surface area contributed by atoms with Crippen molar-refractivity contribution in [3.63, 3.8) is 0 Å². The van der Waals surface area contributed by atoms with Gasteiger partial charge in [0, 0.05) is 26.1 Å². The van der Waals surface area contributed by atoms with Crippen LogP contribution in [0.3, 0.4) is 0 Å². The number of anilines is 1. The van der Waals surface area contributed by atoms with Crippen LogP contribution in [0, 0.1) is 17.0 Å². The number of morpholine rings is 1. The van der Waals surface area contributed by atoms with Crippen LogP contribution < -0.4 is 4.90 Å². The quantitative estimate of drug-likeness (QED) is 0.619. The summed E-state index contributed by atoms with van der Waals surface area (Å²) in [6, 6.07) is 0. The normalized spacial score (nSPS) is 17.0. The highest BCUT2D eigenvalue weighted by Gasteiger charge is 2.17. The number of thiazole rings is 1. The molecule has 0 atom stereocenters. The highest BCUT2D eigenvalue weighted by Crippen LogP contribution is 2.28. The molecule has 0 spiro atoms. The summed E-state index contributed by atoms with van der Waals surface area (Å²) in [5, 5.41) is 11.5. The molecule has 0 aliphatic carbocycles. The lowest BCUT2D eigenvalue weighted by atomic mass is 10.3. The fraction of sp³-hybridized carbons (Fsp3) is 0.545. The second-order valence-electron chi connectivity index (χ2n) is 4.09. The molecule has 2 rings (SSSR count). The first-order valence-corrected chi connectivity index (χ1v) is 6.52. The maximum absolute atomic E-state index is 10.6. The van der Waals surface area contributed by atoms with Gasteiger partial charge < -0.3 is 9.64 Å². The fourth-order valence-corrected chi connectivity index (χ4v) is 2.77. The Morgan fingerprint density at radius 3 is 2.83 bits per heavy atom. The average molecular weight is 269 g/mol. The Labute approximate surface area is 109 Å². The van der Waals surface area contributed by atoms with E-state index in [0.29, 0.717) is 13.2 Å². The van der Waals surface area contributed by atoms with Crippen LogP contribution in [0.4, 0.5) is 5.13 Å². The van der Waals surface area contributed by atoms with Crippen LogP contribution in [0.25, 0.3) is 6.08 Å². The predicted octanol–water partition coefficient (Wildman–Crippen LogP) is 1.93. The second-order valence-corrected chi connectivity index (χ2v) is 5.10. The number of ether oxygens (including phenoxy) is 1. The third-order valence-electron chi connectivity index (χ3n) is 2.73. The van der Waals surface area contributed by atoms with Gasteiger partial charge in [-0.1, -0.05) is 11.3 Å². The van der Waals surface area contributed by atoms with Gasteiger partial charge in [-0.3, -0.25) is 10.1 Å². The third kappa shape index (κ3) is 2.85. The third-order valence-corrected chi connectivity index (χ3v) is 3.90. The molecule has 18 heavy (non-hydrogen) atoms. The van der Waals surface area contributed by atoms with Gasteiger partial charge in [0.1, 0.15) is 0 Å². The van der Waals surface area contributed by atoms with E-state index < -0.39 is 0 Å². The van der Waals surface area contributed by atoms with Crippen LogP contribution in [0.5, 0.6) is 0 Å². The molecule has 0 N–H and O–H groups in total. The van der Waals surface area contributed by atoms with Gasteiger partial charge in [-0.05, 0) is 6.92 Å². The van der Waals surface area contributed by atoms with Gasteiger partial charge in [0.15, 0.2) is 5.13 Å². The van der Waals surface area contributed by atoms with E-state index in [4.69, 9.17) is 4.74 Å². The summed E-state index contributed by atoms with van der Waals surface area (Å²) < 4.78 is 5.29. The Balaban J connectivity index is 2.21. The number of rotatable bonds is 3. The Kier molecular flexibility index (Phi) is 3.93. The minimum atomic E-state index is -0.381. The van der Waals surface area contributed by atoms with Gasteiger partial charge in [0.05, 0.1) is 28.7 Å². The second kappa shape index (κ2) is 5.45. The molecule has 1 aliphatic rings. The van der Waals surface area contributed by atoms with Gasteiger partial charge in [-0.25, -0.2) is 4.98 Å². The van der Waals surface area contributed by atoms with Crippen molar-refractivity contribution in [1.29, 1.82) is 0 Å². The van der Waals surface area contributed by atoms with Crippen molar-refractivity contribution in [2.75, 3.05) is 31.2 Å². The Hall–Kier alpha value is -1.47. The molecular weight excluding hydrogens is 254 g/mol. The number of nitro groups is 1. The molecule has 7 heteroatoms. The van der Waals surface area contributed by atoms with Gasteiger partial charge >= 0.3 is 0 Å². The summed E-state index contributed by atoms with van der Waals surface area (Å²) >= 11 is 1.49. The molecule has 6 nitrogen and oxygen atoms in total. The SMILES string of the molecule is CC(=Cc1sc(N2CCOCC2)nc1C)[N+](=O)[O-]. The van der Waals surface area contributed by atoms with Crippen LogP contribution in [0.2, 0.25) is 0 Å². The molecule has 1 fully saturated rings. The molecule has 1 aliphatic heterocycles. The molecule has 0 unspecified atom stereocenters. The van der Waals surface area contributed by atoms with Crippen molar-refractivity contribution in [3.05, 3.63) is 26.4 Å². The van der Waals surface area contributed by atoms with Crippen LogP contribution >= 0.6 is 11.3 Å². The lowest BCUT2D eigenvalue weighted by Crippen LogP contribution is -2.36. The average Bonchev–Trinajstić information content (AvgIpc) is 2.72. The molecule has 0 radical (unpaired) electrons. The van der Waals surface area contributed by atoms with E-state index in [9.17, 15) is 10.1 Å². The minimum absolute atomic E-state index is 0.135. The molecule has 98 valence electrons. The van der Waals surface area contributed by atoms with Crippen molar-refractivity contribution in [1.82, 2.24) is 4.98 Å². The Morgan fingerprint density at radius 1 is 1.56 bits per heavy atom. The Morgan fingerprint density at radius 2 is 2.22 bits per heavy atom. The van der Waals surface area contributed by atoms with E-state index in [-0.39, 0.29) is 10.6 Å². The summed E-state index contributed by atoms with van der Waals surface area (Å²) in [5.74, 6) is 0. The first kappa shape index (κ1) is 13.0. The highest BCUT2D eigenvalue weighted by molar-refractivity contribution is 7.16. The van der Waals surface area contributed by atoms with E-state index in [1.54, 1.807) is 6.08 Å². The van der Waals surface area contributed by atoms with Gasteiger partial charge in [0.2, 0.25) is 5.70 Å². The summed E-state index contributed by atoms with van der Waals surface area (Å²) in [4.78, 5) is 17.7. The first-order chi connectivity index (χ1) is 8.58. The van der Waals surface area contributed by atoms with Crippen molar-refractivity contribution in [2.45, 2.75) is 13.8 Å². The number of aryl methyl sites for hydroxylation is 1. The fourth-order valence-electron chi connectivity index (χ4n) is 1.66. The molecule has 0 amide bonds. The zero-order chi connectivity index (χ0) is 13.1. The van der Waals surface area contributed by atoms with Crippen LogP contribution in [0.1, 0.15) is 17.5 Å². The van der Waals surface area contributed by atoms with E-state index in [0.717, 1.165) is 28.8 Å². The Bertz CT molecular complexity index is 478. The predicted molar refractivity (Wildman–Crippen MR) is 70.5 cm³/mol. The molecule has 1 saturated heterocycles. The smallest absolute Gasteiger partial charge is 0.244 e. The molecule has 1 aromatic heterocycles. The number of allylic oxidation sites excluding steroid dienone is 1. The van der Waals surface area contributed by atoms with Crippen LogP contribution in [-0.4, -0.2) is 36.2 Å². The minimum Gasteiger partial charge on any atom is -0.378 e. The lowest BCUT2D eigenvalue weighted by molar-refractivity contribution is -0.422. The molecule has 1 aromatic rings. The van der Waals surface area contributed by atoms with E-state index in [1.807, 2.05) is 6.92 Å². The van der Waals surface area contributed by atoms with Crippen LogP contribution in [0.15, 0.2) is 5.70 Å². The standard InChI is InChI=1S/C11H15N3O3S/c1-8(14(15)16)7-10-9(2)12-11(18-10)13-3-5-17-6-4-13/h7H,3-6H2,1-2H3. The zero-order valence-corrected chi connectivity index (χ0v) is 11.2. The van der Waals surface area contributed by atoms with E-state index in [2.05, 4.69) is 9.88 Å². The van der Waals surface area contributed by atoms with Crippen molar-refractivity contribution < 1.29 is 9.66 Å². The monoisotopic (exact) mass is 269 g/mol. The van der Waals surface area contributed by atoms with Gasteiger partial charge in [-0.15, -0.1) is 0 Å². The molecule has 0 aromatic carbocycles. The summed E-state index contributed by atoms with van der Waals surface area (Å²) in [6.07, 6.45) is 1.58. The summed E-state index contributed by atoms with van der Waals surface area (Å²) in [5.41, 5.74) is 0.970. The molecule has 0 saturated carbocycles. The largest absolute Gasteiger partial charge is 0.378 e. The number of aromatic nitrogens is 1. The molecule has 0 bridgehead atoms. The first-order valence-electron chi connectivity index (χ1n) is 5.70. The highest BCUT2D eigenvalue weighted by atomic mass is 32.1. The number of nitrogens with zero attached hydrogens (tertiary/aromatic N) is 3. The van der Waals surface area contributed by atoms with Gasteiger partial charge in [-0.2, -0.15) is 0 Å². The summed E-state index contributed by atoms with van der Waals surface area (Å²) in [7, 11) is 0. The van der Waals surface area contributed by atoms with E-state index in [1.165, 1.54) is 18.3 Å². The van der Waals surface area contributed by atoms with Crippen molar-refractivity contribution in [3.8, 4) is 0 Å².